The number of halogens is 2. The van der Waals surface area contributed by atoms with Crippen LogP contribution >= 0.6 is 31.9 Å². The lowest BCUT2D eigenvalue weighted by molar-refractivity contribution is 0.0931. The van der Waals surface area contributed by atoms with E-state index in [9.17, 15) is 0 Å². The highest BCUT2D eigenvalue weighted by Crippen LogP contribution is 2.47. The second-order valence-electron chi connectivity index (χ2n) is 4.05. The Morgan fingerprint density at radius 3 is 2.06 bits per heavy atom. The molecule has 2 atom stereocenters. The van der Waals surface area contributed by atoms with Crippen molar-refractivity contribution in [3.63, 3.8) is 0 Å². The van der Waals surface area contributed by atoms with Crippen LogP contribution in [0.25, 0.3) is 0 Å². The molecule has 1 heterocycles. The summed E-state index contributed by atoms with van der Waals surface area (Å²) in [6.45, 7) is 12.2. The van der Waals surface area contributed by atoms with E-state index in [4.69, 9.17) is 4.74 Å². The Bertz CT molecular complexity index is 350. The van der Waals surface area contributed by atoms with Crippen LogP contribution in [0.4, 0.5) is 0 Å². The van der Waals surface area contributed by atoms with Gasteiger partial charge in [0.15, 0.2) is 0 Å². The highest BCUT2D eigenvalue weighted by atomic mass is 79.9. The first-order valence-corrected chi connectivity index (χ1v) is 8.41. The van der Waals surface area contributed by atoms with Gasteiger partial charge in [0, 0.05) is 5.56 Å². The van der Waals surface area contributed by atoms with E-state index in [0.29, 0.717) is 4.83 Å². The maximum Gasteiger partial charge on any atom is 0.124 e. The third kappa shape index (κ3) is 3.99. The zero-order chi connectivity index (χ0) is 14.3. The molecular formula is C15H24Br2O. The summed E-state index contributed by atoms with van der Waals surface area (Å²) in [7, 11) is 0. The first kappa shape index (κ1) is 18.0. The molecule has 1 aliphatic heterocycles. The molecule has 0 aromatic heterocycles. The lowest BCUT2D eigenvalue weighted by Gasteiger charge is -2.40. The van der Waals surface area contributed by atoms with Crippen LogP contribution < -0.4 is 4.74 Å². The molecule has 104 valence electrons. The molecule has 0 amide bonds. The Balaban J connectivity index is 0.000000659. The number of rotatable bonds is 0. The third-order valence-corrected chi connectivity index (χ3v) is 5.87. The summed E-state index contributed by atoms with van der Waals surface area (Å²) in [6, 6.07) is 8.15. The smallest absolute Gasteiger partial charge is 0.124 e. The number of hydrogen-bond acceptors (Lipinski definition) is 1. The van der Waals surface area contributed by atoms with Crippen LogP contribution in [-0.2, 0) is 0 Å². The van der Waals surface area contributed by atoms with Gasteiger partial charge in [-0.3, -0.25) is 0 Å². The summed E-state index contributed by atoms with van der Waals surface area (Å²) in [6.07, 6.45) is 0. The Kier molecular flexibility index (Phi) is 8.20. The SMILES string of the molecule is CC.CC.CC1(C)Oc2ccccc2C(Br)C1Br. The molecule has 0 bridgehead atoms. The fourth-order valence-electron chi connectivity index (χ4n) is 1.65. The van der Waals surface area contributed by atoms with Crippen molar-refractivity contribution in [2.24, 2.45) is 0 Å². The maximum atomic E-state index is 5.93. The number of para-hydroxylation sites is 1. The average molecular weight is 380 g/mol. The molecule has 3 heteroatoms. The minimum absolute atomic E-state index is 0.178. The van der Waals surface area contributed by atoms with Crippen molar-refractivity contribution in [3.8, 4) is 5.75 Å². The summed E-state index contributed by atoms with van der Waals surface area (Å²) in [5.41, 5.74) is 1.04. The molecule has 1 aromatic rings. The molecule has 1 nitrogen and oxygen atoms in total. The Hall–Kier alpha value is -0.0200. The second kappa shape index (κ2) is 8.21. The van der Waals surface area contributed by atoms with Gasteiger partial charge >= 0.3 is 0 Å². The molecule has 2 unspecified atom stereocenters. The maximum absolute atomic E-state index is 5.93. The van der Waals surface area contributed by atoms with E-state index in [2.05, 4.69) is 51.8 Å². The number of fused-ring (bicyclic) bond motifs is 1. The van der Waals surface area contributed by atoms with E-state index >= 15 is 0 Å². The number of benzene rings is 1. The van der Waals surface area contributed by atoms with Gasteiger partial charge in [-0.2, -0.15) is 0 Å². The van der Waals surface area contributed by atoms with Gasteiger partial charge in [0.1, 0.15) is 11.4 Å². The van der Waals surface area contributed by atoms with Crippen LogP contribution in [0.3, 0.4) is 0 Å². The lowest BCUT2D eigenvalue weighted by atomic mass is 9.94. The van der Waals surface area contributed by atoms with E-state index in [0.717, 1.165) is 5.75 Å². The van der Waals surface area contributed by atoms with E-state index in [1.165, 1.54) is 5.56 Å². The average Bonchev–Trinajstić information content (AvgIpc) is 2.41. The zero-order valence-electron chi connectivity index (χ0n) is 12.1. The van der Waals surface area contributed by atoms with Crippen LogP contribution in [0, 0.1) is 0 Å². The molecular weight excluding hydrogens is 356 g/mol. The molecule has 0 radical (unpaired) electrons. The van der Waals surface area contributed by atoms with Crippen molar-refractivity contribution < 1.29 is 4.74 Å². The predicted molar refractivity (Wildman–Crippen MR) is 88.2 cm³/mol. The van der Waals surface area contributed by atoms with Gasteiger partial charge in [0.25, 0.3) is 0 Å². The first-order valence-electron chi connectivity index (χ1n) is 6.58. The molecule has 2 rings (SSSR count). The zero-order valence-corrected chi connectivity index (χ0v) is 15.3. The Morgan fingerprint density at radius 1 is 1.00 bits per heavy atom. The van der Waals surface area contributed by atoms with E-state index in [-0.39, 0.29) is 10.4 Å². The number of ether oxygens (including phenoxy) is 1. The fraction of sp³-hybridized carbons (Fsp3) is 0.600. The van der Waals surface area contributed by atoms with E-state index in [1.54, 1.807) is 0 Å². The third-order valence-electron chi connectivity index (χ3n) is 2.51. The highest BCUT2D eigenvalue weighted by Gasteiger charge is 2.40. The van der Waals surface area contributed by atoms with Gasteiger partial charge in [-0.05, 0) is 19.9 Å². The van der Waals surface area contributed by atoms with Crippen molar-refractivity contribution in [1.82, 2.24) is 0 Å². The number of hydrogen-bond donors (Lipinski definition) is 0. The van der Waals surface area contributed by atoms with Crippen LogP contribution in [0.2, 0.25) is 0 Å². The molecule has 1 aromatic carbocycles. The summed E-state index contributed by atoms with van der Waals surface area (Å²) < 4.78 is 5.93. The summed E-state index contributed by atoms with van der Waals surface area (Å²) >= 11 is 7.37. The molecule has 0 spiro atoms. The van der Waals surface area contributed by atoms with Crippen molar-refractivity contribution >= 4 is 31.9 Å². The molecule has 0 saturated carbocycles. The van der Waals surface area contributed by atoms with Gasteiger partial charge in [-0.1, -0.05) is 77.8 Å². The number of alkyl halides is 2. The standard InChI is InChI=1S/C11H12Br2O.2C2H6/c1-11(2)10(13)9(12)7-5-3-4-6-8(7)14-11;2*1-2/h3-6,9-10H,1-2H3;2*1-2H3. The molecule has 18 heavy (non-hydrogen) atoms. The van der Waals surface area contributed by atoms with Gasteiger partial charge in [-0.25, -0.2) is 0 Å². The lowest BCUT2D eigenvalue weighted by Crippen LogP contribution is -2.43. The summed E-state index contributed by atoms with van der Waals surface area (Å²) in [4.78, 5) is 0.590. The largest absolute Gasteiger partial charge is 0.486 e. The van der Waals surface area contributed by atoms with E-state index < -0.39 is 0 Å². The minimum atomic E-state index is -0.178. The predicted octanol–water partition coefficient (Wildman–Crippen LogP) is 6.11. The molecule has 1 aliphatic rings. The van der Waals surface area contributed by atoms with Crippen molar-refractivity contribution in [1.29, 1.82) is 0 Å². The van der Waals surface area contributed by atoms with Gasteiger partial charge in [0.2, 0.25) is 0 Å². The molecule has 0 fully saturated rings. The first-order chi connectivity index (χ1) is 8.52. The fourth-order valence-corrected chi connectivity index (χ4v) is 3.04. The summed E-state index contributed by atoms with van der Waals surface area (Å²) in [5, 5.41) is 0. The van der Waals surface area contributed by atoms with Crippen LogP contribution in [0.5, 0.6) is 5.75 Å². The van der Waals surface area contributed by atoms with Crippen molar-refractivity contribution in [3.05, 3.63) is 29.8 Å². The van der Waals surface area contributed by atoms with Crippen LogP contribution in [0.1, 0.15) is 51.9 Å². The van der Waals surface area contributed by atoms with Gasteiger partial charge in [0.05, 0.1) is 9.65 Å². The topological polar surface area (TPSA) is 9.23 Å². The molecule has 0 saturated heterocycles. The molecule has 0 aliphatic carbocycles. The monoisotopic (exact) mass is 378 g/mol. The van der Waals surface area contributed by atoms with Crippen molar-refractivity contribution in [2.45, 2.75) is 56.8 Å². The molecule has 0 N–H and O–H groups in total. The Morgan fingerprint density at radius 2 is 1.50 bits per heavy atom. The van der Waals surface area contributed by atoms with Crippen LogP contribution in [0.15, 0.2) is 24.3 Å². The summed E-state index contributed by atoms with van der Waals surface area (Å²) in [5.74, 6) is 0.982. The van der Waals surface area contributed by atoms with Gasteiger partial charge in [-0.15, -0.1) is 0 Å². The van der Waals surface area contributed by atoms with Gasteiger partial charge < -0.3 is 4.74 Å². The normalized spacial score (nSPS) is 23.3. The van der Waals surface area contributed by atoms with E-state index in [1.807, 2.05) is 45.9 Å². The van der Waals surface area contributed by atoms with Crippen molar-refractivity contribution in [2.75, 3.05) is 0 Å². The Labute approximate surface area is 129 Å². The second-order valence-corrected chi connectivity index (χ2v) is 6.02. The van der Waals surface area contributed by atoms with Crippen LogP contribution in [-0.4, -0.2) is 10.4 Å². The highest BCUT2D eigenvalue weighted by molar-refractivity contribution is 9.12. The quantitative estimate of drug-likeness (QED) is 0.494. The minimum Gasteiger partial charge on any atom is -0.486 e.